The van der Waals surface area contributed by atoms with Crippen molar-refractivity contribution in [2.24, 2.45) is 0 Å². The third-order valence-corrected chi connectivity index (χ3v) is 3.95. The highest BCUT2D eigenvalue weighted by molar-refractivity contribution is 5.89. The lowest BCUT2D eigenvalue weighted by molar-refractivity contribution is -0.138. The van der Waals surface area contributed by atoms with Gasteiger partial charge in [-0.2, -0.15) is 0 Å². The summed E-state index contributed by atoms with van der Waals surface area (Å²) in [6.45, 7) is 4.06. The van der Waals surface area contributed by atoms with E-state index in [1.807, 2.05) is 17.0 Å². The molecule has 0 aromatic heterocycles. The number of carbonyl (C=O) groups excluding carboxylic acids is 2. The standard InChI is InChI=1S/C17H23NO4/c1-3-15-12-18(10-11-22-15)16(19)9-6-13-4-7-14(8-5-13)17(20)21-2/h4-5,7-8,15H,3,6,9-12H2,1-2H3/t15-/m0/s1. The maximum atomic E-state index is 12.3. The van der Waals surface area contributed by atoms with Gasteiger partial charge in [-0.25, -0.2) is 4.79 Å². The van der Waals surface area contributed by atoms with Crippen molar-refractivity contribution < 1.29 is 19.1 Å². The molecule has 120 valence electrons. The highest BCUT2D eigenvalue weighted by Crippen LogP contribution is 2.12. The minimum Gasteiger partial charge on any atom is -0.465 e. The van der Waals surface area contributed by atoms with Crippen LogP contribution < -0.4 is 0 Å². The summed E-state index contributed by atoms with van der Waals surface area (Å²) in [5.74, 6) is -0.180. The van der Waals surface area contributed by atoms with Crippen molar-refractivity contribution in [3.05, 3.63) is 35.4 Å². The predicted octanol–water partition coefficient (Wildman–Crippen LogP) is 2.04. The van der Waals surface area contributed by atoms with E-state index in [-0.39, 0.29) is 18.0 Å². The van der Waals surface area contributed by atoms with Crippen LogP contribution in [0.3, 0.4) is 0 Å². The second-order valence-corrected chi connectivity index (χ2v) is 5.43. The zero-order valence-corrected chi connectivity index (χ0v) is 13.2. The quantitative estimate of drug-likeness (QED) is 0.781. The maximum absolute atomic E-state index is 12.3. The van der Waals surface area contributed by atoms with Gasteiger partial charge in [0.15, 0.2) is 0 Å². The van der Waals surface area contributed by atoms with Crippen LogP contribution in [-0.2, 0) is 20.7 Å². The number of amides is 1. The number of rotatable bonds is 5. The zero-order valence-electron chi connectivity index (χ0n) is 13.2. The van der Waals surface area contributed by atoms with Gasteiger partial charge in [-0.3, -0.25) is 4.79 Å². The van der Waals surface area contributed by atoms with E-state index in [1.54, 1.807) is 12.1 Å². The SMILES string of the molecule is CC[C@H]1CN(C(=O)CCc2ccc(C(=O)OC)cc2)CCO1. The highest BCUT2D eigenvalue weighted by Gasteiger charge is 2.22. The van der Waals surface area contributed by atoms with Gasteiger partial charge in [-0.15, -0.1) is 0 Å². The molecule has 0 radical (unpaired) electrons. The Morgan fingerprint density at radius 2 is 2.05 bits per heavy atom. The van der Waals surface area contributed by atoms with Crippen LogP contribution in [0.5, 0.6) is 0 Å². The van der Waals surface area contributed by atoms with Crippen molar-refractivity contribution in [3.63, 3.8) is 0 Å². The van der Waals surface area contributed by atoms with Gasteiger partial charge in [0.1, 0.15) is 0 Å². The Hall–Kier alpha value is -1.88. The number of esters is 1. The van der Waals surface area contributed by atoms with Crippen molar-refractivity contribution in [1.82, 2.24) is 4.90 Å². The Bertz CT molecular complexity index is 512. The molecule has 1 aliphatic heterocycles. The summed E-state index contributed by atoms with van der Waals surface area (Å²) in [5, 5.41) is 0. The molecular weight excluding hydrogens is 282 g/mol. The molecule has 1 heterocycles. The fourth-order valence-electron chi connectivity index (χ4n) is 2.53. The lowest BCUT2D eigenvalue weighted by Crippen LogP contribution is -2.45. The number of benzene rings is 1. The molecule has 1 fully saturated rings. The molecule has 1 amide bonds. The van der Waals surface area contributed by atoms with Crippen LogP contribution in [0.15, 0.2) is 24.3 Å². The normalized spacial score (nSPS) is 18.1. The smallest absolute Gasteiger partial charge is 0.337 e. The van der Waals surface area contributed by atoms with Crippen LogP contribution in [0, 0.1) is 0 Å². The maximum Gasteiger partial charge on any atom is 0.337 e. The van der Waals surface area contributed by atoms with E-state index >= 15 is 0 Å². The third-order valence-electron chi connectivity index (χ3n) is 3.95. The molecule has 0 spiro atoms. The highest BCUT2D eigenvalue weighted by atomic mass is 16.5. The van der Waals surface area contributed by atoms with Gasteiger partial charge < -0.3 is 14.4 Å². The van der Waals surface area contributed by atoms with Gasteiger partial charge in [0.2, 0.25) is 5.91 Å². The summed E-state index contributed by atoms with van der Waals surface area (Å²) >= 11 is 0. The lowest BCUT2D eigenvalue weighted by atomic mass is 10.1. The largest absolute Gasteiger partial charge is 0.465 e. The van der Waals surface area contributed by atoms with Crippen molar-refractivity contribution in [3.8, 4) is 0 Å². The lowest BCUT2D eigenvalue weighted by Gasteiger charge is -2.32. The Morgan fingerprint density at radius 3 is 2.68 bits per heavy atom. The van der Waals surface area contributed by atoms with Crippen molar-refractivity contribution in [2.75, 3.05) is 26.8 Å². The Labute approximate surface area is 131 Å². The first-order chi connectivity index (χ1) is 10.6. The molecule has 0 aliphatic carbocycles. The van der Waals surface area contributed by atoms with E-state index in [0.29, 0.717) is 38.1 Å². The van der Waals surface area contributed by atoms with E-state index in [9.17, 15) is 9.59 Å². The molecule has 22 heavy (non-hydrogen) atoms. The van der Waals surface area contributed by atoms with Crippen LogP contribution in [-0.4, -0.2) is 49.7 Å². The van der Waals surface area contributed by atoms with E-state index in [1.165, 1.54) is 7.11 Å². The minimum absolute atomic E-state index is 0.164. The molecule has 1 saturated heterocycles. The van der Waals surface area contributed by atoms with Crippen molar-refractivity contribution >= 4 is 11.9 Å². The summed E-state index contributed by atoms with van der Waals surface area (Å²) < 4.78 is 10.2. The molecule has 5 heteroatoms. The molecule has 0 unspecified atom stereocenters. The van der Waals surface area contributed by atoms with Gasteiger partial charge in [0.05, 0.1) is 25.4 Å². The van der Waals surface area contributed by atoms with Gasteiger partial charge in [-0.1, -0.05) is 19.1 Å². The van der Waals surface area contributed by atoms with Crippen LogP contribution in [0.25, 0.3) is 0 Å². The molecule has 5 nitrogen and oxygen atoms in total. The van der Waals surface area contributed by atoms with Gasteiger partial charge in [-0.05, 0) is 30.5 Å². The third kappa shape index (κ3) is 4.31. The number of hydrogen-bond donors (Lipinski definition) is 0. The fraction of sp³-hybridized carbons (Fsp3) is 0.529. The van der Waals surface area contributed by atoms with Crippen LogP contribution >= 0.6 is 0 Å². The molecule has 0 saturated carbocycles. The fourth-order valence-corrected chi connectivity index (χ4v) is 2.53. The second kappa shape index (κ2) is 7.94. The molecule has 1 atom stereocenters. The summed E-state index contributed by atoms with van der Waals surface area (Å²) in [6, 6.07) is 7.20. The molecule has 1 aliphatic rings. The summed E-state index contributed by atoms with van der Waals surface area (Å²) in [7, 11) is 1.36. The average Bonchev–Trinajstić information content (AvgIpc) is 2.59. The topological polar surface area (TPSA) is 55.8 Å². The first-order valence-corrected chi connectivity index (χ1v) is 7.70. The first-order valence-electron chi connectivity index (χ1n) is 7.70. The van der Waals surface area contributed by atoms with Gasteiger partial charge >= 0.3 is 5.97 Å². The summed E-state index contributed by atoms with van der Waals surface area (Å²) in [5.41, 5.74) is 1.57. The van der Waals surface area contributed by atoms with Crippen molar-refractivity contribution in [2.45, 2.75) is 32.3 Å². The van der Waals surface area contributed by atoms with Crippen molar-refractivity contribution in [1.29, 1.82) is 0 Å². The van der Waals surface area contributed by atoms with E-state index in [4.69, 9.17) is 4.74 Å². The molecular formula is C17H23NO4. The average molecular weight is 305 g/mol. The number of ether oxygens (including phenoxy) is 2. The molecule has 0 bridgehead atoms. The van der Waals surface area contributed by atoms with E-state index < -0.39 is 0 Å². The zero-order chi connectivity index (χ0) is 15.9. The monoisotopic (exact) mass is 305 g/mol. The minimum atomic E-state index is -0.346. The van der Waals surface area contributed by atoms with Crippen LogP contribution in [0.4, 0.5) is 0 Å². The Morgan fingerprint density at radius 1 is 1.32 bits per heavy atom. The van der Waals surface area contributed by atoms with E-state index in [0.717, 1.165) is 12.0 Å². The number of nitrogens with zero attached hydrogens (tertiary/aromatic N) is 1. The number of carbonyl (C=O) groups is 2. The Kier molecular flexibility index (Phi) is 5.95. The number of aryl methyl sites for hydroxylation is 1. The van der Waals surface area contributed by atoms with Crippen LogP contribution in [0.1, 0.15) is 35.7 Å². The summed E-state index contributed by atoms with van der Waals surface area (Å²) in [4.78, 5) is 25.5. The second-order valence-electron chi connectivity index (χ2n) is 5.43. The number of methoxy groups -OCH3 is 1. The number of morpholine rings is 1. The molecule has 1 aromatic carbocycles. The van der Waals surface area contributed by atoms with E-state index in [2.05, 4.69) is 11.7 Å². The Balaban J connectivity index is 1.84. The van der Waals surface area contributed by atoms with Gasteiger partial charge in [0.25, 0.3) is 0 Å². The predicted molar refractivity (Wildman–Crippen MR) is 82.7 cm³/mol. The molecule has 2 rings (SSSR count). The van der Waals surface area contributed by atoms with Gasteiger partial charge in [0, 0.05) is 19.5 Å². The summed E-state index contributed by atoms with van der Waals surface area (Å²) in [6.07, 6.45) is 2.25. The molecule has 1 aromatic rings. The molecule has 0 N–H and O–H groups in total. The number of hydrogen-bond acceptors (Lipinski definition) is 4. The first kappa shape index (κ1) is 16.5. The van der Waals surface area contributed by atoms with Crippen LogP contribution in [0.2, 0.25) is 0 Å².